The summed E-state index contributed by atoms with van der Waals surface area (Å²) in [5.41, 5.74) is 3.98. The van der Waals surface area contributed by atoms with Gasteiger partial charge in [-0.25, -0.2) is 0 Å². The fourth-order valence-corrected chi connectivity index (χ4v) is 3.71. The Balaban J connectivity index is 2.07. The van der Waals surface area contributed by atoms with Gasteiger partial charge in [0.1, 0.15) is 0 Å². The highest BCUT2D eigenvalue weighted by molar-refractivity contribution is 6.36. The largest absolute Gasteiger partial charge is 0.271 e. The third-order valence-electron chi connectivity index (χ3n) is 4.43. The molecular formula is C15H22Cl2N2. The summed E-state index contributed by atoms with van der Waals surface area (Å²) in [6.07, 6.45) is 5.88. The zero-order chi connectivity index (χ0) is 13.8. The Morgan fingerprint density at radius 3 is 2.53 bits per heavy atom. The number of hydrogen-bond acceptors (Lipinski definition) is 2. The molecule has 106 valence electrons. The molecule has 0 saturated heterocycles. The van der Waals surface area contributed by atoms with Gasteiger partial charge >= 0.3 is 0 Å². The summed E-state index contributed by atoms with van der Waals surface area (Å²) in [5.74, 6) is 7.23. The molecular weight excluding hydrogens is 279 g/mol. The van der Waals surface area contributed by atoms with Crippen LogP contribution < -0.4 is 11.3 Å². The van der Waals surface area contributed by atoms with Gasteiger partial charge in [0.05, 0.1) is 0 Å². The number of rotatable bonds is 5. The molecule has 1 aromatic carbocycles. The first-order valence-corrected chi connectivity index (χ1v) is 7.80. The lowest BCUT2D eigenvalue weighted by Crippen LogP contribution is -2.41. The molecule has 0 amide bonds. The molecule has 3 atom stereocenters. The average molecular weight is 301 g/mol. The summed E-state index contributed by atoms with van der Waals surface area (Å²) >= 11 is 12.5. The highest BCUT2D eigenvalue weighted by Crippen LogP contribution is 2.36. The van der Waals surface area contributed by atoms with E-state index in [0.29, 0.717) is 5.92 Å². The van der Waals surface area contributed by atoms with Crippen LogP contribution in [0.3, 0.4) is 0 Å². The minimum atomic E-state index is 0.258. The van der Waals surface area contributed by atoms with E-state index in [1.165, 1.54) is 25.7 Å². The zero-order valence-corrected chi connectivity index (χ0v) is 12.8. The van der Waals surface area contributed by atoms with E-state index in [1.807, 2.05) is 18.2 Å². The number of hydrazine groups is 1. The molecule has 19 heavy (non-hydrogen) atoms. The zero-order valence-electron chi connectivity index (χ0n) is 11.3. The number of nitrogens with one attached hydrogen (secondary N) is 1. The number of halogens is 2. The van der Waals surface area contributed by atoms with Crippen molar-refractivity contribution in [3.05, 3.63) is 33.8 Å². The van der Waals surface area contributed by atoms with Gasteiger partial charge in [-0.3, -0.25) is 11.3 Å². The molecule has 0 spiro atoms. The van der Waals surface area contributed by atoms with E-state index in [2.05, 4.69) is 12.3 Å². The Hall–Kier alpha value is -0.280. The molecule has 0 radical (unpaired) electrons. The van der Waals surface area contributed by atoms with Crippen LogP contribution in [0.4, 0.5) is 0 Å². The van der Waals surface area contributed by atoms with Crippen LogP contribution in [-0.4, -0.2) is 6.04 Å². The molecule has 0 aromatic heterocycles. The number of benzene rings is 1. The van der Waals surface area contributed by atoms with Gasteiger partial charge in [-0.05, 0) is 48.8 Å². The number of hydrogen-bond donors (Lipinski definition) is 2. The van der Waals surface area contributed by atoms with Crippen molar-refractivity contribution in [1.29, 1.82) is 0 Å². The van der Waals surface area contributed by atoms with E-state index in [-0.39, 0.29) is 6.04 Å². The van der Waals surface area contributed by atoms with Gasteiger partial charge in [-0.1, -0.05) is 49.0 Å². The van der Waals surface area contributed by atoms with Gasteiger partial charge in [0.2, 0.25) is 0 Å². The van der Waals surface area contributed by atoms with Crippen LogP contribution in [-0.2, 0) is 6.42 Å². The maximum Gasteiger partial charge on any atom is 0.0453 e. The van der Waals surface area contributed by atoms with Crippen molar-refractivity contribution in [3.63, 3.8) is 0 Å². The molecule has 1 aliphatic carbocycles. The number of nitrogens with two attached hydrogens (primary N) is 1. The first-order valence-electron chi connectivity index (χ1n) is 7.04. The molecule has 1 saturated carbocycles. The highest BCUT2D eigenvalue weighted by atomic mass is 35.5. The second-order valence-electron chi connectivity index (χ2n) is 5.52. The topological polar surface area (TPSA) is 38.0 Å². The first-order chi connectivity index (χ1) is 9.15. The lowest BCUT2D eigenvalue weighted by atomic mass is 9.91. The van der Waals surface area contributed by atoms with E-state index in [0.717, 1.165) is 27.9 Å². The Morgan fingerprint density at radius 1 is 1.32 bits per heavy atom. The van der Waals surface area contributed by atoms with Crippen LogP contribution in [0.5, 0.6) is 0 Å². The average Bonchev–Trinajstić information content (AvgIpc) is 2.87. The van der Waals surface area contributed by atoms with Crippen molar-refractivity contribution < 1.29 is 0 Å². The van der Waals surface area contributed by atoms with E-state index in [9.17, 15) is 0 Å². The molecule has 2 rings (SSSR count). The normalized spacial score (nSPS) is 24.6. The predicted octanol–water partition coefficient (Wildman–Crippen LogP) is 4.19. The molecule has 1 aromatic rings. The van der Waals surface area contributed by atoms with E-state index in [4.69, 9.17) is 29.0 Å². The lowest BCUT2D eigenvalue weighted by molar-refractivity contribution is 0.348. The highest BCUT2D eigenvalue weighted by Gasteiger charge is 2.30. The second-order valence-corrected chi connectivity index (χ2v) is 6.34. The quantitative estimate of drug-likeness (QED) is 0.632. The SMILES string of the molecule is CCC1CCC(C(Cc2c(Cl)cccc2Cl)NN)C1. The lowest BCUT2D eigenvalue weighted by Gasteiger charge is -2.24. The van der Waals surface area contributed by atoms with E-state index >= 15 is 0 Å². The summed E-state index contributed by atoms with van der Waals surface area (Å²) < 4.78 is 0. The Bertz CT molecular complexity index is 402. The van der Waals surface area contributed by atoms with Crippen LogP contribution in [0.25, 0.3) is 0 Å². The van der Waals surface area contributed by atoms with Gasteiger partial charge in [0.25, 0.3) is 0 Å². The van der Waals surface area contributed by atoms with Crippen molar-refractivity contribution >= 4 is 23.2 Å². The van der Waals surface area contributed by atoms with Crippen molar-refractivity contribution in [1.82, 2.24) is 5.43 Å². The molecule has 1 fully saturated rings. The summed E-state index contributed by atoms with van der Waals surface area (Å²) in [6, 6.07) is 5.91. The molecule has 4 heteroatoms. The summed E-state index contributed by atoms with van der Waals surface area (Å²) in [7, 11) is 0. The van der Waals surface area contributed by atoms with E-state index < -0.39 is 0 Å². The Kier molecular flexibility index (Phi) is 5.52. The van der Waals surface area contributed by atoms with Gasteiger partial charge in [0.15, 0.2) is 0 Å². The monoisotopic (exact) mass is 300 g/mol. The summed E-state index contributed by atoms with van der Waals surface area (Å²) in [5, 5.41) is 1.47. The van der Waals surface area contributed by atoms with Crippen molar-refractivity contribution in [2.24, 2.45) is 17.7 Å². The van der Waals surface area contributed by atoms with Gasteiger partial charge < -0.3 is 0 Å². The molecule has 3 N–H and O–H groups in total. The van der Waals surface area contributed by atoms with Crippen LogP contribution in [0.15, 0.2) is 18.2 Å². The Labute approximate surface area is 125 Å². The summed E-state index contributed by atoms with van der Waals surface area (Å²) in [4.78, 5) is 0. The van der Waals surface area contributed by atoms with Gasteiger partial charge in [-0.2, -0.15) is 0 Å². The third kappa shape index (κ3) is 3.63. The maximum absolute atomic E-state index is 6.24. The molecule has 1 aliphatic rings. The molecule has 0 aliphatic heterocycles. The van der Waals surface area contributed by atoms with Gasteiger partial charge in [0, 0.05) is 16.1 Å². The van der Waals surface area contributed by atoms with Crippen molar-refractivity contribution in [2.45, 2.75) is 45.1 Å². The van der Waals surface area contributed by atoms with Crippen LogP contribution >= 0.6 is 23.2 Å². The standard InChI is InChI=1S/C15H22Cl2N2/c1-2-10-6-7-11(8-10)15(19-18)9-12-13(16)4-3-5-14(12)17/h3-5,10-11,15,19H,2,6-9,18H2,1H3. The van der Waals surface area contributed by atoms with Crippen molar-refractivity contribution in [3.8, 4) is 0 Å². The van der Waals surface area contributed by atoms with Crippen LogP contribution in [0.1, 0.15) is 38.2 Å². The minimum absolute atomic E-state index is 0.258. The fourth-order valence-electron chi connectivity index (χ4n) is 3.16. The Morgan fingerprint density at radius 2 is 2.00 bits per heavy atom. The maximum atomic E-state index is 6.24. The smallest absolute Gasteiger partial charge is 0.0453 e. The minimum Gasteiger partial charge on any atom is -0.271 e. The third-order valence-corrected chi connectivity index (χ3v) is 5.14. The molecule has 0 bridgehead atoms. The molecule has 3 unspecified atom stereocenters. The molecule has 0 heterocycles. The summed E-state index contributed by atoms with van der Waals surface area (Å²) in [6.45, 7) is 2.27. The van der Waals surface area contributed by atoms with Crippen LogP contribution in [0, 0.1) is 11.8 Å². The van der Waals surface area contributed by atoms with Crippen molar-refractivity contribution in [2.75, 3.05) is 0 Å². The first kappa shape index (κ1) is 15.1. The molecule has 2 nitrogen and oxygen atoms in total. The van der Waals surface area contributed by atoms with Crippen LogP contribution in [0.2, 0.25) is 10.0 Å². The second kappa shape index (κ2) is 6.94. The van der Waals surface area contributed by atoms with Gasteiger partial charge in [-0.15, -0.1) is 0 Å². The van der Waals surface area contributed by atoms with E-state index in [1.54, 1.807) is 0 Å². The fraction of sp³-hybridized carbons (Fsp3) is 0.600. The predicted molar refractivity (Wildman–Crippen MR) is 82.4 cm³/mol.